The van der Waals surface area contributed by atoms with Gasteiger partial charge in [-0.05, 0) is 25.1 Å². The molecular formula is C17H14O3. The zero-order chi connectivity index (χ0) is 13.9. The van der Waals surface area contributed by atoms with E-state index in [1.807, 2.05) is 55.5 Å². The number of benzene rings is 2. The maximum absolute atomic E-state index is 12.2. The van der Waals surface area contributed by atoms with Gasteiger partial charge in [-0.3, -0.25) is 4.79 Å². The molecule has 2 aromatic carbocycles. The Morgan fingerprint density at radius 1 is 1.10 bits per heavy atom. The van der Waals surface area contributed by atoms with Crippen molar-refractivity contribution >= 4 is 16.8 Å². The molecule has 0 spiro atoms. The first-order valence-corrected chi connectivity index (χ1v) is 6.43. The molecule has 20 heavy (non-hydrogen) atoms. The Kier molecular flexibility index (Phi) is 3.25. The van der Waals surface area contributed by atoms with Crippen molar-refractivity contribution in [2.75, 3.05) is 6.61 Å². The summed E-state index contributed by atoms with van der Waals surface area (Å²) >= 11 is 0. The molecule has 3 aromatic rings. The highest BCUT2D eigenvalue weighted by atomic mass is 16.5. The van der Waals surface area contributed by atoms with E-state index in [-0.39, 0.29) is 12.4 Å². The summed E-state index contributed by atoms with van der Waals surface area (Å²) in [5, 5.41) is 0.824. The average Bonchev–Trinajstić information content (AvgIpc) is 2.90. The third-order valence-electron chi connectivity index (χ3n) is 3.17. The van der Waals surface area contributed by atoms with Gasteiger partial charge in [0.2, 0.25) is 5.78 Å². The van der Waals surface area contributed by atoms with Crippen molar-refractivity contribution in [1.29, 1.82) is 0 Å². The molecule has 0 bridgehead atoms. The lowest BCUT2D eigenvalue weighted by Gasteiger charge is -2.04. The van der Waals surface area contributed by atoms with Crippen molar-refractivity contribution in [2.45, 2.75) is 6.92 Å². The molecule has 0 unspecified atom stereocenters. The van der Waals surface area contributed by atoms with E-state index < -0.39 is 0 Å². The molecule has 0 fully saturated rings. The first-order chi connectivity index (χ1) is 9.74. The number of carbonyl (C=O) groups is 1. The highest BCUT2D eigenvalue weighted by molar-refractivity contribution is 6.07. The number of carbonyl (C=O) groups excluding carboxylic acids is 1. The Hall–Kier alpha value is -2.55. The Balaban J connectivity index is 1.75. The lowest BCUT2D eigenvalue weighted by atomic mass is 10.1. The maximum atomic E-state index is 12.2. The van der Waals surface area contributed by atoms with Gasteiger partial charge < -0.3 is 9.15 Å². The molecule has 3 heteroatoms. The predicted octanol–water partition coefficient (Wildman–Crippen LogP) is 4.00. The van der Waals surface area contributed by atoms with Gasteiger partial charge in [-0.15, -0.1) is 0 Å². The van der Waals surface area contributed by atoms with Crippen LogP contribution in [0.1, 0.15) is 15.9 Å². The van der Waals surface area contributed by atoms with Crippen molar-refractivity contribution in [2.24, 2.45) is 0 Å². The number of furan rings is 1. The summed E-state index contributed by atoms with van der Waals surface area (Å²) in [6, 6.07) is 15.1. The summed E-state index contributed by atoms with van der Waals surface area (Å²) in [7, 11) is 0. The van der Waals surface area contributed by atoms with Crippen LogP contribution in [0.3, 0.4) is 0 Å². The first kappa shape index (κ1) is 12.5. The van der Waals surface area contributed by atoms with Crippen molar-refractivity contribution in [1.82, 2.24) is 0 Å². The molecule has 1 aromatic heterocycles. The number of aryl methyl sites for hydroxylation is 1. The Labute approximate surface area is 116 Å². The maximum Gasteiger partial charge on any atom is 0.204 e. The number of hydrogen-bond donors (Lipinski definition) is 0. The van der Waals surface area contributed by atoms with Crippen LogP contribution >= 0.6 is 0 Å². The first-order valence-electron chi connectivity index (χ1n) is 6.43. The molecule has 0 atom stereocenters. The number of fused-ring (bicyclic) bond motifs is 1. The van der Waals surface area contributed by atoms with E-state index in [0.717, 1.165) is 10.9 Å². The number of Topliss-reactive ketones (excluding diaryl/α,β-unsaturated/α-hetero) is 1. The highest BCUT2D eigenvalue weighted by Gasteiger charge is 2.13. The smallest absolute Gasteiger partial charge is 0.204 e. The number of hydrogen-bond acceptors (Lipinski definition) is 3. The number of ketones is 1. The summed E-state index contributed by atoms with van der Waals surface area (Å²) < 4.78 is 10.9. The molecule has 0 aliphatic heterocycles. The topological polar surface area (TPSA) is 39.4 Å². The molecule has 1 heterocycles. The van der Waals surface area contributed by atoms with E-state index in [1.165, 1.54) is 6.26 Å². The molecule has 100 valence electrons. The summed E-state index contributed by atoms with van der Waals surface area (Å²) in [5.41, 5.74) is 2.43. The monoisotopic (exact) mass is 266 g/mol. The quantitative estimate of drug-likeness (QED) is 0.670. The van der Waals surface area contributed by atoms with E-state index in [1.54, 1.807) is 0 Å². The second-order valence-electron chi connectivity index (χ2n) is 4.67. The van der Waals surface area contributed by atoms with Gasteiger partial charge in [0.05, 0.1) is 5.56 Å². The van der Waals surface area contributed by atoms with Crippen LogP contribution in [0.4, 0.5) is 0 Å². The van der Waals surface area contributed by atoms with E-state index in [2.05, 4.69) is 0 Å². The average molecular weight is 266 g/mol. The highest BCUT2D eigenvalue weighted by Crippen LogP contribution is 2.21. The van der Waals surface area contributed by atoms with Gasteiger partial charge in [-0.25, -0.2) is 0 Å². The number of para-hydroxylation sites is 1. The fourth-order valence-electron chi connectivity index (χ4n) is 2.05. The minimum Gasteiger partial charge on any atom is -0.485 e. The lowest BCUT2D eigenvalue weighted by Crippen LogP contribution is -2.11. The van der Waals surface area contributed by atoms with Crippen LogP contribution < -0.4 is 4.74 Å². The molecule has 0 N–H and O–H groups in total. The van der Waals surface area contributed by atoms with Crippen molar-refractivity contribution in [3.8, 4) is 5.75 Å². The van der Waals surface area contributed by atoms with Gasteiger partial charge in [0.15, 0.2) is 6.61 Å². The van der Waals surface area contributed by atoms with E-state index in [9.17, 15) is 4.79 Å². The molecule has 3 nitrogen and oxygen atoms in total. The second kappa shape index (κ2) is 5.21. The van der Waals surface area contributed by atoms with E-state index >= 15 is 0 Å². The molecule has 0 saturated carbocycles. The van der Waals surface area contributed by atoms with E-state index in [0.29, 0.717) is 16.9 Å². The number of rotatable bonds is 4. The van der Waals surface area contributed by atoms with Crippen molar-refractivity contribution in [3.63, 3.8) is 0 Å². The zero-order valence-corrected chi connectivity index (χ0v) is 11.1. The zero-order valence-electron chi connectivity index (χ0n) is 11.1. The lowest BCUT2D eigenvalue weighted by molar-refractivity contribution is 0.0922. The summed E-state index contributed by atoms with van der Waals surface area (Å²) in [6.07, 6.45) is 1.49. The van der Waals surface area contributed by atoms with Crippen LogP contribution in [-0.2, 0) is 0 Å². The fourth-order valence-corrected chi connectivity index (χ4v) is 2.05. The standard InChI is InChI=1S/C17H14O3/c1-12-6-8-13(9-7-12)19-11-16(18)15-10-20-17-5-3-2-4-14(15)17/h2-10H,11H2,1H3. The molecule has 3 rings (SSSR count). The van der Waals surface area contributed by atoms with Crippen molar-refractivity contribution in [3.05, 3.63) is 65.9 Å². The van der Waals surface area contributed by atoms with Gasteiger partial charge in [0.25, 0.3) is 0 Å². The van der Waals surface area contributed by atoms with Gasteiger partial charge in [-0.1, -0.05) is 35.9 Å². The van der Waals surface area contributed by atoms with Crippen LogP contribution in [0.15, 0.2) is 59.2 Å². The Morgan fingerprint density at radius 2 is 1.85 bits per heavy atom. The second-order valence-corrected chi connectivity index (χ2v) is 4.67. The summed E-state index contributed by atoms with van der Waals surface area (Å²) in [5.74, 6) is 0.604. The molecule has 0 aliphatic rings. The van der Waals surface area contributed by atoms with Gasteiger partial charge >= 0.3 is 0 Å². The largest absolute Gasteiger partial charge is 0.485 e. The van der Waals surface area contributed by atoms with Gasteiger partial charge in [-0.2, -0.15) is 0 Å². The summed E-state index contributed by atoms with van der Waals surface area (Å²) in [4.78, 5) is 12.2. The van der Waals surface area contributed by atoms with Crippen LogP contribution in [0, 0.1) is 6.92 Å². The molecule has 0 aliphatic carbocycles. The minimum atomic E-state index is -0.0875. The summed E-state index contributed by atoms with van der Waals surface area (Å²) in [6.45, 7) is 2.01. The Morgan fingerprint density at radius 3 is 2.65 bits per heavy atom. The van der Waals surface area contributed by atoms with Crippen LogP contribution in [0.5, 0.6) is 5.75 Å². The third-order valence-corrected chi connectivity index (χ3v) is 3.17. The molecule has 0 amide bonds. The van der Waals surface area contributed by atoms with Gasteiger partial charge in [0, 0.05) is 5.39 Å². The molecular weight excluding hydrogens is 252 g/mol. The van der Waals surface area contributed by atoms with E-state index in [4.69, 9.17) is 9.15 Å². The predicted molar refractivity (Wildman–Crippen MR) is 77.2 cm³/mol. The Bertz CT molecular complexity index is 738. The fraction of sp³-hybridized carbons (Fsp3) is 0.118. The molecule has 0 radical (unpaired) electrons. The SMILES string of the molecule is Cc1ccc(OCC(=O)c2coc3ccccc23)cc1. The number of ether oxygens (including phenoxy) is 1. The van der Waals surface area contributed by atoms with Crippen molar-refractivity contribution < 1.29 is 13.9 Å². The molecule has 0 saturated heterocycles. The van der Waals surface area contributed by atoms with Crippen LogP contribution in [0.2, 0.25) is 0 Å². The minimum absolute atomic E-state index is 0.00654. The van der Waals surface area contributed by atoms with Gasteiger partial charge in [0.1, 0.15) is 17.6 Å². The van der Waals surface area contributed by atoms with Crippen LogP contribution in [0.25, 0.3) is 11.0 Å². The van der Waals surface area contributed by atoms with Crippen LogP contribution in [-0.4, -0.2) is 12.4 Å². The third kappa shape index (κ3) is 2.43. The normalized spacial score (nSPS) is 10.7.